The molecule has 1 saturated heterocycles. The first-order chi connectivity index (χ1) is 12.5. The quantitative estimate of drug-likeness (QED) is 0.634. The molecule has 0 radical (unpaired) electrons. The van der Waals surface area contributed by atoms with E-state index in [1.54, 1.807) is 35.2 Å². The molecular weight excluding hydrogens is 338 g/mol. The highest BCUT2D eigenvalue weighted by Crippen LogP contribution is 2.24. The zero-order valence-electron chi connectivity index (χ0n) is 13.9. The van der Waals surface area contributed by atoms with Crippen LogP contribution < -0.4 is 15.0 Å². The number of amides is 2. The molecule has 1 aliphatic rings. The van der Waals surface area contributed by atoms with Crippen LogP contribution >= 0.6 is 0 Å². The Bertz CT molecular complexity index is 835. The molecule has 0 unspecified atom stereocenters. The fourth-order valence-electron chi connectivity index (χ4n) is 2.69. The number of non-ortho nitro benzene ring substituents is 1. The molecule has 0 spiro atoms. The minimum absolute atomic E-state index is 0.101. The molecule has 134 valence electrons. The van der Waals surface area contributed by atoms with Crippen molar-refractivity contribution in [1.82, 2.24) is 0 Å². The molecule has 3 rings (SSSR count). The van der Waals surface area contributed by atoms with Crippen LogP contribution in [0.5, 0.6) is 5.75 Å². The lowest BCUT2D eigenvalue weighted by molar-refractivity contribution is -0.384. The van der Waals surface area contributed by atoms with Gasteiger partial charge in [-0.25, -0.2) is 0 Å². The third-order valence-corrected chi connectivity index (χ3v) is 3.93. The van der Waals surface area contributed by atoms with E-state index in [2.05, 4.69) is 5.32 Å². The first-order valence-electron chi connectivity index (χ1n) is 8.10. The average molecular weight is 355 g/mol. The van der Waals surface area contributed by atoms with Crippen molar-refractivity contribution in [3.05, 3.63) is 58.6 Å². The molecule has 2 aromatic carbocycles. The van der Waals surface area contributed by atoms with Gasteiger partial charge in [-0.2, -0.15) is 0 Å². The largest absolute Gasteiger partial charge is 0.484 e. The summed E-state index contributed by atoms with van der Waals surface area (Å²) in [6, 6.07) is 12.6. The molecule has 26 heavy (non-hydrogen) atoms. The van der Waals surface area contributed by atoms with Gasteiger partial charge in [0.2, 0.25) is 5.91 Å². The second kappa shape index (κ2) is 7.64. The lowest BCUT2D eigenvalue weighted by Crippen LogP contribution is -2.23. The molecule has 0 bridgehead atoms. The Morgan fingerprint density at radius 2 is 2.00 bits per heavy atom. The number of carbonyl (C=O) groups excluding carboxylic acids is 2. The highest BCUT2D eigenvalue weighted by molar-refractivity contribution is 5.95. The number of hydrogen-bond donors (Lipinski definition) is 1. The normalized spacial score (nSPS) is 13.5. The van der Waals surface area contributed by atoms with Crippen molar-refractivity contribution < 1.29 is 19.2 Å². The van der Waals surface area contributed by atoms with Gasteiger partial charge in [0.15, 0.2) is 6.61 Å². The van der Waals surface area contributed by atoms with Crippen molar-refractivity contribution in [1.29, 1.82) is 0 Å². The Balaban J connectivity index is 1.53. The van der Waals surface area contributed by atoms with Gasteiger partial charge in [0.05, 0.1) is 4.92 Å². The summed E-state index contributed by atoms with van der Waals surface area (Å²) in [7, 11) is 0. The van der Waals surface area contributed by atoms with Crippen LogP contribution in [0.2, 0.25) is 0 Å². The Kier molecular flexibility index (Phi) is 5.12. The average Bonchev–Trinajstić information content (AvgIpc) is 3.06. The number of nitro groups is 1. The summed E-state index contributed by atoms with van der Waals surface area (Å²) in [5, 5.41) is 13.3. The molecule has 1 N–H and O–H groups in total. The van der Waals surface area contributed by atoms with Crippen LogP contribution in [0.3, 0.4) is 0 Å². The van der Waals surface area contributed by atoms with Crippen molar-refractivity contribution in [3.63, 3.8) is 0 Å². The van der Waals surface area contributed by atoms with Crippen molar-refractivity contribution in [2.24, 2.45) is 0 Å². The van der Waals surface area contributed by atoms with Crippen LogP contribution in [0, 0.1) is 10.1 Å². The Morgan fingerprint density at radius 3 is 2.65 bits per heavy atom. The lowest BCUT2D eigenvalue weighted by Gasteiger charge is -2.16. The smallest absolute Gasteiger partial charge is 0.271 e. The van der Waals surface area contributed by atoms with Gasteiger partial charge in [0.25, 0.3) is 11.6 Å². The van der Waals surface area contributed by atoms with Gasteiger partial charge in [-0.05, 0) is 36.8 Å². The van der Waals surface area contributed by atoms with Crippen LogP contribution in [0.15, 0.2) is 48.5 Å². The maximum Gasteiger partial charge on any atom is 0.271 e. The fourth-order valence-corrected chi connectivity index (χ4v) is 2.69. The molecular formula is C18H17N3O5. The molecule has 8 nitrogen and oxygen atoms in total. The highest BCUT2D eigenvalue weighted by atomic mass is 16.6. The molecule has 0 saturated carbocycles. The van der Waals surface area contributed by atoms with Gasteiger partial charge in [-0.1, -0.05) is 6.07 Å². The highest BCUT2D eigenvalue weighted by Gasteiger charge is 2.21. The van der Waals surface area contributed by atoms with Gasteiger partial charge in [-0.15, -0.1) is 0 Å². The van der Waals surface area contributed by atoms with Gasteiger partial charge in [-0.3, -0.25) is 19.7 Å². The van der Waals surface area contributed by atoms with Crippen molar-refractivity contribution in [2.45, 2.75) is 12.8 Å². The maximum atomic E-state index is 11.9. The van der Waals surface area contributed by atoms with E-state index in [1.165, 1.54) is 18.2 Å². The van der Waals surface area contributed by atoms with E-state index in [0.717, 1.165) is 12.1 Å². The summed E-state index contributed by atoms with van der Waals surface area (Å²) in [5.74, 6) is 0.175. The van der Waals surface area contributed by atoms with Crippen LogP contribution in [0.25, 0.3) is 0 Å². The van der Waals surface area contributed by atoms with Gasteiger partial charge >= 0.3 is 0 Å². The Labute approximate surface area is 149 Å². The molecule has 2 aromatic rings. The molecule has 0 aromatic heterocycles. The van der Waals surface area contributed by atoms with Gasteiger partial charge in [0, 0.05) is 36.5 Å². The number of nitro benzene ring substituents is 1. The minimum atomic E-state index is -0.529. The summed E-state index contributed by atoms with van der Waals surface area (Å²) >= 11 is 0. The minimum Gasteiger partial charge on any atom is -0.484 e. The van der Waals surface area contributed by atoms with Crippen LogP contribution in [0.4, 0.5) is 17.1 Å². The van der Waals surface area contributed by atoms with Gasteiger partial charge < -0.3 is 15.0 Å². The molecule has 1 heterocycles. The molecule has 1 fully saturated rings. The monoisotopic (exact) mass is 355 g/mol. The van der Waals surface area contributed by atoms with E-state index in [4.69, 9.17) is 4.74 Å². The van der Waals surface area contributed by atoms with Crippen LogP contribution in [0.1, 0.15) is 12.8 Å². The number of anilines is 2. The molecule has 0 aliphatic carbocycles. The number of ether oxygens (including phenoxy) is 1. The SMILES string of the molecule is O=C(COc1ccc(N2CCCC2=O)cc1)Nc1cccc([N+](=O)[O-])c1. The molecule has 2 amide bonds. The second-order valence-corrected chi connectivity index (χ2v) is 5.79. The third-order valence-electron chi connectivity index (χ3n) is 3.93. The zero-order chi connectivity index (χ0) is 18.5. The van der Waals surface area contributed by atoms with Crippen molar-refractivity contribution >= 4 is 28.9 Å². The third kappa shape index (κ3) is 4.15. The number of nitrogens with zero attached hydrogens (tertiary/aromatic N) is 2. The number of nitrogens with one attached hydrogen (secondary N) is 1. The Morgan fingerprint density at radius 1 is 1.23 bits per heavy atom. The topological polar surface area (TPSA) is 102 Å². The van der Waals surface area contributed by atoms with Crippen LogP contribution in [-0.4, -0.2) is 29.9 Å². The predicted molar refractivity (Wildman–Crippen MR) is 95.3 cm³/mol. The zero-order valence-corrected chi connectivity index (χ0v) is 13.9. The summed E-state index contributed by atoms with van der Waals surface area (Å²) in [6.07, 6.45) is 1.42. The molecule has 1 aliphatic heterocycles. The van der Waals surface area contributed by atoms with E-state index in [0.29, 0.717) is 24.4 Å². The summed E-state index contributed by atoms with van der Waals surface area (Å²) < 4.78 is 5.41. The first kappa shape index (κ1) is 17.4. The van der Waals surface area contributed by atoms with Crippen molar-refractivity contribution in [2.75, 3.05) is 23.4 Å². The fraction of sp³-hybridized carbons (Fsp3) is 0.222. The summed E-state index contributed by atoms with van der Waals surface area (Å²) in [6.45, 7) is 0.481. The van der Waals surface area contributed by atoms with E-state index in [-0.39, 0.29) is 18.2 Å². The van der Waals surface area contributed by atoms with Crippen LogP contribution in [-0.2, 0) is 9.59 Å². The number of hydrogen-bond acceptors (Lipinski definition) is 5. The number of carbonyl (C=O) groups is 2. The van der Waals surface area contributed by atoms with Crippen molar-refractivity contribution in [3.8, 4) is 5.75 Å². The standard InChI is InChI=1S/C18H17N3O5/c22-17(19-13-3-1-4-15(11-13)21(24)25)12-26-16-8-6-14(7-9-16)20-10-2-5-18(20)23/h1,3-4,6-9,11H,2,5,10,12H2,(H,19,22). The molecule has 0 atom stereocenters. The maximum absolute atomic E-state index is 11.9. The lowest BCUT2D eigenvalue weighted by atomic mass is 10.2. The van der Waals surface area contributed by atoms with Gasteiger partial charge in [0.1, 0.15) is 5.75 Å². The second-order valence-electron chi connectivity index (χ2n) is 5.79. The Hall–Kier alpha value is -3.42. The first-order valence-corrected chi connectivity index (χ1v) is 8.10. The van der Waals surface area contributed by atoms with E-state index in [1.807, 2.05) is 0 Å². The predicted octanol–water partition coefficient (Wildman–Crippen LogP) is 2.74. The number of benzene rings is 2. The summed E-state index contributed by atoms with van der Waals surface area (Å²) in [5.41, 5.74) is 1.03. The van der Waals surface area contributed by atoms with E-state index in [9.17, 15) is 19.7 Å². The molecule has 8 heteroatoms. The summed E-state index contributed by atoms with van der Waals surface area (Å²) in [4.78, 5) is 35.6. The van der Waals surface area contributed by atoms with E-state index < -0.39 is 10.8 Å². The van der Waals surface area contributed by atoms with E-state index >= 15 is 0 Å². The number of rotatable bonds is 6.